The summed E-state index contributed by atoms with van der Waals surface area (Å²) in [4.78, 5) is 21.9. The van der Waals surface area contributed by atoms with Crippen molar-refractivity contribution in [2.75, 3.05) is 12.4 Å². The summed E-state index contributed by atoms with van der Waals surface area (Å²) < 4.78 is 5.16. The minimum Gasteiger partial charge on any atom is -0.495 e. The Morgan fingerprint density at radius 1 is 1.20 bits per heavy atom. The molecule has 0 aliphatic carbocycles. The molecule has 3 rings (SSSR count). The van der Waals surface area contributed by atoms with Crippen LogP contribution in [-0.4, -0.2) is 23.0 Å². The second-order valence-corrected chi connectivity index (χ2v) is 7.90. The van der Waals surface area contributed by atoms with Crippen LogP contribution in [0.25, 0.3) is 0 Å². The van der Waals surface area contributed by atoms with Gasteiger partial charge in [0.05, 0.1) is 17.8 Å². The highest BCUT2D eigenvalue weighted by molar-refractivity contribution is 8.00. The number of nitrogens with one attached hydrogen (secondary N) is 1. The first-order chi connectivity index (χ1) is 14.4. The maximum atomic E-state index is 13.2. The Hall–Kier alpha value is -3.08. The highest BCUT2D eigenvalue weighted by Crippen LogP contribution is 2.38. The Balaban J connectivity index is 1.95. The molecule has 2 aromatic carbocycles. The van der Waals surface area contributed by atoms with Gasteiger partial charge in [0.2, 0.25) is 5.91 Å². The van der Waals surface area contributed by atoms with Gasteiger partial charge in [0.25, 0.3) is 0 Å². The second kappa shape index (κ2) is 9.61. The fraction of sp³-hybridized carbons (Fsp3) is 0.182. The van der Waals surface area contributed by atoms with E-state index in [4.69, 9.17) is 16.3 Å². The van der Waals surface area contributed by atoms with E-state index in [0.717, 1.165) is 5.56 Å². The molecular formula is C22H19ClN4O2S. The van der Waals surface area contributed by atoms with E-state index in [0.29, 0.717) is 38.6 Å². The topological polar surface area (TPSA) is 87.9 Å². The third-order valence-electron chi connectivity index (χ3n) is 4.27. The summed E-state index contributed by atoms with van der Waals surface area (Å²) in [6.45, 7) is 3.52. The van der Waals surface area contributed by atoms with Crippen LogP contribution < -0.4 is 10.1 Å². The number of benzene rings is 2. The summed E-state index contributed by atoms with van der Waals surface area (Å²) in [7, 11) is 1.53. The molecule has 3 aromatic rings. The van der Waals surface area contributed by atoms with Crippen LogP contribution in [0.4, 0.5) is 5.69 Å². The molecule has 0 aliphatic heterocycles. The number of nitriles is 1. The molecular weight excluding hydrogens is 420 g/mol. The van der Waals surface area contributed by atoms with Gasteiger partial charge in [0.15, 0.2) is 0 Å². The van der Waals surface area contributed by atoms with Crippen molar-refractivity contribution in [3.05, 3.63) is 76.2 Å². The number of halogens is 1. The zero-order chi connectivity index (χ0) is 21.7. The predicted octanol–water partition coefficient (Wildman–Crippen LogP) is 5.10. The highest BCUT2D eigenvalue weighted by atomic mass is 35.5. The van der Waals surface area contributed by atoms with Gasteiger partial charge in [-0.05, 0) is 37.6 Å². The normalized spacial score (nSPS) is 11.4. The summed E-state index contributed by atoms with van der Waals surface area (Å²) in [6, 6.07) is 16.5. The van der Waals surface area contributed by atoms with E-state index in [1.807, 2.05) is 30.3 Å². The van der Waals surface area contributed by atoms with E-state index in [1.54, 1.807) is 32.0 Å². The summed E-state index contributed by atoms with van der Waals surface area (Å²) in [5.41, 5.74) is 2.29. The molecule has 1 amide bonds. The quantitative estimate of drug-likeness (QED) is 0.425. The summed E-state index contributed by atoms with van der Waals surface area (Å²) >= 11 is 7.40. The van der Waals surface area contributed by atoms with Crippen molar-refractivity contribution in [3.8, 4) is 11.8 Å². The first-order valence-electron chi connectivity index (χ1n) is 9.04. The van der Waals surface area contributed by atoms with Crippen LogP contribution in [0.1, 0.15) is 27.9 Å². The Bertz CT molecular complexity index is 1120. The Labute approximate surface area is 184 Å². The van der Waals surface area contributed by atoms with Crippen LogP contribution in [-0.2, 0) is 4.79 Å². The number of hydrogen-bond donors (Lipinski definition) is 1. The standard InChI is InChI=1S/C22H19ClN4O2S/c1-13-17(12-24)22(26-14(2)25-13)30-20(15-7-5-4-6-8-15)21(28)27-16-9-10-19(29-3)18(23)11-16/h4-11,20H,1-3H3,(H,27,28). The van der Waals surface area contributed by atoms with Crippen LogP contribution in [0.3, 0.4) is 0 Å². The number of nitrogens with zero attached hydrogens (tertiary/aromatic N) is 3. The number of aryl methyl sites for hydroxylation is 2. The Morgan fingerprint density at radius 2 is 1.93 bits per heavy atom. The van der Waals surface area contributed by atoms with E-state index < -0.39 is 5.25 Å². The van der Waals surface area contributed by atoms with Gasteiger partial charge < -0.3 is 10.1 Å². The number of hydrogen-bond acceptors (Lipinski definition) is 6. The number of rotatable bonds is 6. The number of amides is 1. The van der Waals surface area contributed by atoms with Gasteiger partial charge in [0.1, 0.15) is 33.5 Å². The van der Waals surface area contributed by atoms with Gasteiger partial charge >= 0.3 is 0 Å². The molecule has 1 N–H and O–H groups in total. The molecule has 1 heterocycles. The van der Waals surface area contributed by atoms with Crippen molar-refractivity contribution in [2.24, 2.45) is 0 Å². The van der Waals surface area contributed by atoms with Crippen molar-refractivity contribution in [1.82, 2.24) is 9.97 Å². The Kier molecular flexibility index (Phi) is 6.93. The molecule has 0 aliphatic rings. The van der Waals surface area contributed by atoms with Crippen LogP contribution in [0.2, 0.25) is 5.02 Å². The second-order valence-electron chi connectivity index (χ2n) is 6.40. The Morgan fingerprint density at radius 3 is 2.57 bits per heavy atom. The molecule has 1 atom stereocenters. The average Bonchev–Trinajstić information content (AvgIpc) is 2.72. The summed E-state index contributed by atoms with van der Waals surface area (Å²) in [6.07, 6.45) is 0. The molecule has 30 heavy (non-hydrogen) atoms. The lowest BCUT2D eigenvalue weighted by molar-refractivity contribution is -0.115. The first-order valence-corrected chi connectivity index (χ1v) is 10.3. The first kappa shape index (κ1) is 21.6. The van der Waals surface area contributed by atoms with Crippen molar-refractivity contribution in [1.29, 1.82) is 5.26 Å². The SMILES string of the molecule is COc1ccc(NC(=O)C(Sc2nc(C)nc(C)c2C#N)c2ccccc2)cc1Cl. The highest BCUT2D eigenvalue weighted by Gasteiger charge is 2.25. The van der Waals surface area contributed by atoms with Gasteiger partial charge in [-0.1, -0.05) is 53.7 Å². The smallest absolute Gasteiger partial charge is 0.242 e. The zero-order valence-electron chi connectivity index (χ0n) is 16.6. The van der Waals surface area contributed by atoms with Gasteiger partial charge in [-0.3, -0.25) is 4.79 Å². The molecule has 8 heteroatoms. The van der Waals surface area contributed by atoms with E-state index in [1.165, 1.54) is 18.9 Å². The number of carbonyl (C=O) groups excluding carboxylic acids is 1. The number of carbonyl (C=O) groups is 1. The van der Waals surface area contributed by atoms with Crippen molar-refractivity contribution >= 4 is 35.0 Å². The van der Waals surface area contributed by atoms with Gasteiger partial charge in [-0.2, -0.15) is 5.26 Å². The van der Waals surface area contributed by atoms with Crippen LogP contribution in [0.15, 0.2) is 53.6 Å². The number of aromatic nitrogens is 2. The number of ether oxygens (including phenoxy) is 1. The largest absolute Gasteiger partial charge is 0.495 e. The maximum Gasteiger partial charge on any atom is 0.242 e. The molecule has 1 unspecified atom stereocenters. The van der Waals surface area contributed by atoms with Crippen molar-refractivity contribution in [2.45, 2.75) is 24.1 Å². The molecule has 0 radical (unpaired) electrons. The summed E-state index contributed by atoms with van der Waals surface area (Å²) in [5.74, 6) is 0.808. The van der Waals surface area contributed by atoms with E-state index in [2.05, 4.69) is 21.4 Å². The van der Waals surface area contributed by atoms with E-state index >= 15 is 0 Å². The van der Waals surface area contributed by atoms with Gasteiger partial charge in [-0.25, -0.2) is 9.97 Å². The number of thioether (sulfide) groups is 1. The molecule has 1 aromatic heterocycles. The molecule has 0 bridgehead atoms. The van der Waals surface area contributed by atoms with Gasteiger partial charge in [-0.15, -0.1) is 0 Å². The number of methoxy groups -OCH3 is 1. The summed E-state index contributed by atoms with van der Waals surface area (Å²) in [5, 5.41) is 12.7. The fourth-order valence-corrected chi connectivity index (χ4v) is 4.30. The lowest BCUT2D eigenvalue weighted by Crippen LogP contribution is -2.19. The third-order valence-corrected chi connectivity index (χ3v) is 5.81. The van der Waals surface area contributed by atoms with Crippen LogP contribution in [0, 0.1) is 25.2 Å². The van der Waals surface area contributed by atoms with Crippen molar-refractivity contribution in [3.63, 3.8) is 0 Å². The lowest BCUT2D eigenvalue weighted by atomic mass is 10.1. The predicted molar refractivity (Wildman–Crippen MR) is 118 cm³/mol. The minimum absolute atomic E-state index is 0.259. The average molecular weight is 439 g/mol. The third kappa shape index (κ3) is 4.90. The molecule has 152 valence electrons. The van der Waals surface area contributed by atoms with Crippen molar-refractivity contribution < 1.29 is 9.53 Å². The lowest BCUT2D eigenvalue weighted by Gasteiger charge is -2.18. The molecule has 0 saturated heterocycles. The zero-order valence-corrected chi connectivity index (χ0v) is 18.2. The molecule has 6 nitrogen and oxygen atoms in total. The van der Waals surface area contributed by atoms with Gasteiger partial charge in [0, 0.05) is 5.69 Å². The van der Waals surface area contributed by atoms with E-state index in [-0.39, 0.29) is 5.91 Å². The monoisotopic (exact) mass is 438 g/mol. The molecule has 0 saturated carbocycles. The molecule has 0 spiro atoms. The van der Waals surface area contributed by atoms with E-state index in [9.17, 15) is 10.1 Å². The maximum absolute atomic E-state index is 13.2. The number of anilines is 1. The fourth-order valence-electron chi connectivity index (χ4n) is 2.86. The van der Waals surface area contributed by atoms with Crippen LogP contribution in [0.5, 0.6) is 5.75 Å². The van der Waals surface area contributed by atoms with Crippen LogP contribution >= 0.6 is 23.4 Å². The molecule has 0 fully saturated rings. The minimum atomic E-state index is -0.632.